The topological polar surface area (TPSA) is 84.5 Å². The molecule has 0 bridgehead atoms. The van der Waals surface area contributed by atoms with Crippen LogP contribution in [0.25, 0.3) is 21.8 Å². The number of methoxy groups -OCH3 is 2. The van der Waals surface area contributed by atoms with E-state index in [1.807, 2.05) is 50.4 Å². The molecule has 0 radical (unpaired) electrons. The maximum Gasteiger partial charge on any atom is 0.411 e. The van der Waals surface area contributed by atoms with E-state index in [9.17, 15) is 4.79 Å². The molecule has 0 saturated carbocycles. The maximum absolute atomic E-state index is 11.5. The molecular formula is C24H24N4O3. The number of aromatic nitrogens is 1. The van der Waals surface area contributed by atoms with Gasteiger partial charge < -0.3 is 20.1 Å². The zero-order valence-corrected chi connectivity index (χ0v) is 17.9. The lowest BCUT2D eigenvalue weighted by molar-refractivity contribution is 0.187. The number of amides is 1. The summed E-state index contributed by atoms with van der Waals surface area (Å²) in [6.45, 7) is 2.05. The summed E-state index contributed by atoms with van der Waals surface area (Å²) in [7, 11) is 4.81. The molecule has 0 fully saturated rings. The lowest BCUT2D eigenvalue weighted by Gasteiger charge is -2.18. The Balaban J connectivity index is 1.88. The number of nitrogens with one attached hydrogen (secondary N) is 3. The van der Waals surface area contributed by atoms with Crippen molar-refractivity contribution in [2.24, 2.45) is 0 Å². The lowest BCUT2D eigenvalue weighted by Crippen LogP contribution is -2.11. The summed E-state index contributed by atoms with van der Waals surface area (Å²) in [6.07, 6.45) is -0.517. The third-order valence-electron chi connectivity index (χ3n) is 5.12. The quantitative estimate of drug-likeness (QED) is 0.364. The van der Waals surface area contributed by atoms with Crippen molar-refractivity contribution in [1.82, 2.24) is 4.98 Å². The van der Waals surface area contributed by atoms with Gasteiger partial charge in [-0.05, 0) is 42.8 Å². The molecule has 31 heavy (non-hydrogen) atoms. The molecule has 7 nitrogen and oxygen atoms in total. The van der Waals surface area contributed by atoms with Crippen LogP contribution < -0.4 is 20.7 Å². The SMILES string of the molecule is CNc1cc(NC(=O)OC)ccc1Nc1c2ccc(C)cc2nc2c(OC)cccc12. The van der Waals surface area contributed by atoms with Crippen LogP contribution >= 0.6 is 0 Å². The average molecular weight is 416 g/mol. The van der Waals surface area contributed by atoms with E-state index < -0.39 is 6.09 Å². The second-order valence-corrected chi connectivity index (χ2v) is 7.12. The van der Waals surface area contributed by atoms with Gasteiger partial charge in [-0.15, -0.1) is 0 Å². The van der Waals surface area contributed by atoms with Crippen molar-refractivity contribution in [2.45, 2.75) is 6.92 Å². The number of nitrogens with zero attached hydrogens (tertiary/aromatic N) is 1. The van der Waals surface area contributed by atoms with E-state index in [-0.39, 0.29) is 0 Å². The van der Waals surface area contributed by atoms with Gasteiger partial charge >= 0.3 is 6.09 Å². The minimum atomic E-state index is -0.517. The highest BCUT2D eigenvalue weighted by atomic mass is 16.5. The highest BCUT2D eigenvalue weighted by molar-refractivity contribution is 6.10. The minimum absolute atomic E-state index is 0.517. The number of carbonyl (C=O) groups excluding carboxylic acids is 1. The highest BCUT2D eigenvalue weighted by Gasteiger charge is 2.14. The smallest absolute Gasteiger partial charge is 0.411 e. The average Bonchev–Trinajstić information content (AvgIpc) is 2.78. The fraction of sp³-hybridized carbons (Fsp3) is 0.167. The van der Waals surface area contributed by atoms with E-state index in [0.717, 1.165) is 50.2 Å². The van der Waals surface area contributed by atoms with Crippen LogP contribution in [0.1, 0.15) is 5.56 Å². The Bertz CT molecular complexity index is 1290. The first kappa shape index (κ1) is 20.3. The number of carbonyl (C=O) groups is 1. The third kappa shape index (κ3) is 3.90. The van der Waals surface area contributed by atoms with Gasteiger partial charge in [-0.1, -0.05) is 24.3 Å². The van der Waals surface area contributed by atoms with Crippen molar-refractivity contribution in [2.75, 3.05) is 37.2 Å². The summed E-state index contributed by atoms with van der Waals surface area (Å²) in [5.41, 5.74) is 6.05. The van der Waals surface area contributed by atoms with Crippen molar-refractivity contribution in [3.63, 3.8) is 0 Å². The summed E-state index contributed by atoms with van der Waals surface area (Å²) in [6, 6.07) is 17.7. The van der Waals surface area contributed by atoms with Crippen LogP contribution in [0, 0.1) is 6.92 Å². The molecule has 4 rings (SSSR count). The van der Waals surface area contributed by atoms with Crippen LogP contribution in [-0.2, 0) is 4.74 Å². The molecule has 1 heterocycles. The molecule has 0 saturated heterocycles. The molecule has 0 aliphatic carbocycles. The van der Waals surface area contributed by atoms with E-state index in [4.69, 9.17) is 9.72 Å². The maximum atomic E-state index is 11.5. The molecule has 7 heteroatoms. The highest BCUT2D eigenvalue weighted by Crippen LogP contribution is 2.38. The van der Waals surface area contributed by atoms with Crippen molar-refractivity contribution in [1.29, 1.82) is 0 Å². The van der Waals surface area contributed by atoms with Crippen LogP contribution in [-0.4, -0.2) is 32.3 Å². The van der Waals surface area contributed by atoms with Gasteiger partial charge in [0.25, 0.3) is 0 Å². The van der Waals surface area contributed by atoms with Crippen LogP contribution in [0.15, 0.2) is 54.6 Å². The number of hydrogen-bond acceptors (Lipinski definition) is 6. The summed E-state index contributed by atoms with van der Waals surface area (Å²) in [5.74, 6) is 0.718. The van der Waals surface area contributed by atoms with Crippen LogP contribution in [0.5, 0.6) is 5.75 Å². The van der Waals surface area contributed by atoms with Gasteiger partial charge in [-0.25, -0.2) is 9.78 Å². The van der Waals surface area contributed by atoms with E-state index in [1.54, 1.807) is 7.11 Å². The second-order valence-electron chi connectivity index (χ2n) is 7.12. The number of fused-ring (bicyclic) bond motifs is 2. The van der Waals surface area contributed by atoms with Gasteiger partial charge in [-0.3, -0.25) is 5.32 Å². The predicted octanol–water partition coefficient (Wildman–Crippen LogP) is 5.67. The molecule has 3 N–H and O–H groups in total. The van der Waals surface area contributed by atoms with Gasteiger partial charge in [0.2, 0.25) is 0 Å². The van der Waals surface area contributed by atoms with Gasteiger partial charge in [0, 0.05) is 23.5 Å². The second kappa shape index (κ2) is 8.39. The molecular weight excluding hydrogens is 392 g/mol. The minimum Gasteiger partial charge on any atom is -0.494 e. The Hall–Kier alpha value is -4.00. The first-order valence-electron chi connectivity index (χ1n) is 9.85. The molecule has 1 aromatic heterocycles. The summed E-state index contributed by atoms with van der Waals surface area (Å²) < 4.78 is 10.2. The summed E-state index contributed by atoms with van der Waals surface area (Å²) in [4.78, 5) is 16.4. The molecule has 0 unspecified atom stereocenters. The van der Waals surface area contributed by atoms with E-state index in [1.165, 1.54) is 7.11 Å². The number of para-hydroxylation sites is 1. The standard InChI is InChI=1S/C24H24N4O3/c1-14-8-10-16-19(12-14)28-23-17(6-5-7-21(23)30-3)22(16)27-18-11-9-15(13-20(18)25-2)26-24(29)31-4/h5-13,25H,1-4H3,(H,26,29)(H,27,28). The van der Waals surface area contributed by atoms with E-state index in [0.29, 0.717) is 5.69 Å². The first-order chi connectivity index (χ1) is 15.0. The Morgan fingerprint density at radius 1 is 0.968 bits per heavy atom. The molecule has 3 aromatic carbocycles. The fourth-order valence-electron chi connectivity index (χ4n) is 3.59. The molecule has 0 aliphatic rings. The van der Waals surface area contributed by atoms with Crippen molar-refractivity contribution >= 4 is 50.6 Å². The van der Waals surface area contributed by atoms with Gasteiger partial charge in [0.05, 0.1) is 36.8 Å². The Kier molecular flexibility index (Phi) is 5.49. The molecule has 0 spiro atoms. The Morgan fingerprint density at radius 3 is 2.55 bits per heavy atom. The predicted molar refractivity (Wildman–Crippen MR) is 126 cm³/mol. The first-order valence-corrected chi connectivity index (χ1v) is 9.85. The van der Waals surface area contributed by atoms with Gasteiger partial charge in [-0.2, -0.15) is 0 Å². The summed E-state index contributed by atoms with van der Waals surface area (Å²) >= 11 is 0. The van der Waals surface area contributed by atoms with Crippen LogP contribution in [0.3, 0.4) is 0 Å². The zero-order chi connectivity index (χ0) is 22.0. The monoisotopic (exact) mass is 416 g/mol. The fourth-order valence-corrected chi connectivity index (χ4v) is 3.59. The molecule has 0 atom stereocenters. The number of rotatable bonds is 5. The normalized spacial score (nSPS) is 10.7. The van der Waals surface area contributed by atoms with Crippen molar-refractivity contribution in [3.8, 4) is 5.75 Å². The van der Waals surface area contributed by atoms with Crippen molar-refractivity contribution < 1.29 is 14.3 Å². The largest absolute Gasteiger partial charge is 0.494 e. The zero-order valence-electron chi connectivity index (χ0n) is 17.9. The third-order valence-corrected chi connectivity index (χ3v) is 5.12. The number of pyridine rings is 1. The molecule has 0 aliphatic heterocycles. The molecule has 1 amide bonds. The number of hydrogen-bond donors (Lipinski definition) is 3. The van der Waals surface area contributed by atoms with Crippen molar-refractivity contribution in [3.05, 3.63) is 60.2 Å². The van der Waals surface area contributed by atoms with E-state index in [2.05, 4.69) is 38.9 Å². The van der Waals surface area contributed by atoms with E-state index >= 15 is 0 Å². The van der Waals surface area contributed by atoms with Gasteiger partial charge in [0.1, 0.15) is 11.3 Å². The Labute approximate surface area is 180 Å². The number of ether oxygens (including phenoxy) is 2. The summed E-state index contributed by atoms with van der Waals surface area (Å²) in [5, 5.41) is 11.4. The Morgan fingerprint density at radius 2 is 1.81 bits per heavy atom. The van der Waals surface area contributed by atoms with Crippen LogP contribution in [0.2, 0.25) is 0 Å². The number of anilines is 4. The number of aryl methyl sites for hydroxylation is 1. The lowest BCUT2D eigenvalue weighted by atomic mass is 10.0. The molecule has 4 aromatic rings. The molecule has 158 valence electrons. The number of benzene rings is 3. The van der Waals surface area contributed by atoms with Gasteiger partial charge in [0.15, 0.2) is 0 Å². The van der Waals surface area contributed by atoms with Crippen LogP contribution in [0.4, 0.5) is 27.5 Å².